The summed E-state index contributed by atoms with van der Waals surface area (Å²) in [6.07, 6.45) is 1.11. The summed E-state index contributed by atoms with van der Waals surface area (Å²) in [7, 11) is -3.41. The van der Waals surface area contributed by atoms with E-state index in [1.165, 1.54) is 0 Å². The quantitative estimate of drug-likeness (QED) is 0.791. The van der Waals surface area contributed by atoms with E-state index >= 15 is 0 Å². The van der Waals surface area contributed by atoms with E-state index in [9.17, 15) is 8.42 Å². The van der Waals surface area contributed by atoms with E-state index < -0.39 is 10.0 Å². The fourth-order valence-electron chi connectivity index (χ4n) is 2.52. The van der Waals surface area contributed by atoms with Crippen LogP contribution in [0.2, 0.25) is 0 Å². The SMILES string of the molecule is Cc1ccc2c(c1)c(NS(C)(=O)=O)nn2Cc1ccc(C#N)cc1. The van der Waals surface area contributed by atoms with E-state index in [-0.39, 0.29) is 0 Å². The van der Waals surface area contributed by atoms with Gasteiger partial charge in [0, 0.05) is 5.39 Å². The van der Waals surface area contributed by atoms with E-state index in [0.717, 1.165) is 28.3 Å². The standard InChI is InChI=1S/C17H16N4O2S/c1-12-3-8-16-15(9-12)17(20-24(2,22)23)19-21(16)11-14-6-4-13(10-18)5-7-14/h3-9H,11H2,1-2H3,(H,19,20). The number of rotatable bonds is 4. The Morgan fingerprint density at radius 1 is 1.21 bits per heavy atom. The maximum atomic E-state index is 11.6. The van der Waals surface area contributed by atoms with Gasteiger partial charge in [0.05, 0.1) is 29.9 Å². The Kier molecular flexibility index (Phi) is 3.99. The second-order valence-corrected chi connectivity index (χ2v) is 7.46. The molecule has 0 bridgehead atoms. The van der Waals surface area contributed by atoms with Crippen molar-refractivity contribution in [1.29, 1.82) is 5.26 Å². The average molecular weight is 340 g/mol. The zero-order chi connectivity index (χ0) is 17.3. The Bertz CT molecular complexity index is 1040. The molecule has 0 amide bonds. The van der Waals surface area contributed by atoms with Crippen LogP contribution in [0, 0.1) is 18.3 Å². The molecule has 2 aromatic carbocycles. The van der Waals surface area contributed by atoms with E-state index in [2.05, 4.69) is 15.9 Å². The summed E-state index contributed by atoms with van der Waals surface area (Å²) in [5, 5.41) is 14.0. The first-order chi connectivity index (χ1) is 11.4. The second-order valence-electron chi connectivity index (χ2n) is 5.71. The molecule has 1 heterocycles. The predicted molar refractivity (Wildman–Crippen MR) is 93.2 cm³/mol. The predicted octanol–water partition coefficient (Wildman–Crippen LogP) is 2.64. The highest BCUT2D eigenvalue weighted by molar-refractivity contribution is 7.92. The van der Waals surface area contributed by atoms with Gasteiger partial charge in [-0.3, -0.25) is 9.40 Å². The number of fused-ring (bicyclic) bond motifs is 1. The monoisotopic (exact) mass is 340 g/mol. The number of nitrogens with zero attached hydrogens (tertiary/aromatic N) is 3. The smallest absolute Gasteiger partial charge is 0.231 e. The van der Waals surface area contributed by atoms with Crippen LogP contribution in [0.25, 0.3) is 10.9 Å². The normalized spacial score (nSPS) is 11.4. The Hall–Kier alpha value is -2.85. The van der Waals surface area contributed by atoms with Crippen LogP contribution >= 0.6 is 0 Å². The highest BCUT2D eigenvalue weighted by Crippen LogP contribution is 2.25. The van der Waals surface area contributed by atoms with Gasteiger partial charge in [-0.05, 0) is 36.8 Å². The molecule has 0 unspecified atom stereocenters. The first kappa shape index (κ1) is 16.0. The summed E-state index contributed by atoms with van der Waals surface area (Å²) in [6.45, 7) is 2.43. The van der Waals surface area contributed by atoms with E-state index in [4.69, 9.17) is 5.26 Å². The van der Waals surface area contributed by atoms with Crippen molar-refractivity contribution in [3.8, 4) is 6.07 Å². The summed E-state index contributed by atoms with van der Waals surface area (Å²) < 4.78 is 27.4. The summed E-state index contributed by atoms with van der Waals surface area (Å²) in [5.74, 6) is 0.324. The number of nitrogens with one attached hydrogen (secondary N) is 1. The number of sulfonamides is 1. The molecule has 0 aliphatic carbocycles. The fourth-order valence-corrected chi connectivity index (χ4v) is 3.02. The van der Waals surface area contributed by atoms with E-state index in [1.807, 2.05) is 37.3 Å². The summed E-state index contributed by atoms with van der Waals surface area (Å²) in [4.78, 5) is 0. The van der Waals surface area contributed by atoms with Crippen molar-refractivity contribution in [2.45, 2.75) is 13.5 Å². The van der Waals surface area contributed by atoms with Gasteiger partial charge < -0.3 is 0 Å². The van der Waals surface area contributed by atoms with Crippen LogP contribution in [0.3, 0.4) is 0 Å². The lowest BCUT2D eigenvalue weighted by Crippen LogP contribution is -2.11. The topological polar surface area (TPSA) is 87.8 Å². The van der Waals surface area contributed by atoms with Crippen molar-refractivity contribution in [3.63, 3.8) is 0 Å². The van der Waals surface area contributed by atoms with Gasteiger partial charge in [-0.2, -0.15) is 10.4 Å². The van der Waals surface area contributed by atoms with E-state index in [1.54, 1.807) is 16.8 Å². The van der Waals surface area contributed by atoms with E-state index in [0.29, 0.717) is 17.9 Å². The molecule has 24 heavy (non-hydrogen) atoms. The molecular weight excluding hydrogens is 324 g/mol. The molecule has 0 atom stereocenters. The highest BCUT2D eigenvalue weighted by Gasteiger charge is 2.14. The Morgan fingerprint density at radius 3 is 2.54 bits per heavy atom. The third-order valence-corrected chi connectivity index (χ3v) is 4.17. The molecule has 6 nitrogen and oxygen atoms in total. The highest BCUT2D eigenvalue weighted by atomic mass is 32.2. The Balaban J connectivity index is 2.05. The van der Waals surface area contributed by atoms with Crippen LogP contribution < -0.4 is 4.72 Å². The Labute approximate surface area is 140 Å². The molecule has 1 N–H and O–H groups in total. The summed E-state index contributed by atoms with van der Waals surface area (Å²) >= 11 is 0. The van der Waals surface area contributed by atoms with Crippen LogP contribution in [0.15, 0.2) is 42.5 Å². The largest absolute Gasteiger partial charge is 0.266 e. The van der Waals surface area contributed by atoms with Gasteiger partial charge in [-0.1, -0.05) is 23.8 Å². The molecule has 0 aliphatic heterocycles. The number of anilines is 1. The summed E-state index contributed by atoms with van der Waals surface area (Å²) in [6, 6.07) is 15.1. The lowest BCUT2D eigenvalue weighted by atomic mass is 10.1. The zero-order valence-electron chi connectivity index (χ0n) is 13.3. The fraction of sp³-hybridized carbons (Fsp3) is 0.176. The number of hydrogen-bond acceptors (Lipinski definition) is 4. The van der Waals surface area contributed by atoms with Crippen molar-refractivity contribution in [2.75, 3.05) is 11.0 Å². The molecular formula is C17H16N4O2S. The van der Waals surface area contributed by atoms with Gasteiger partial charge in [-0.25, -0.2) is 8.42 Å². The third kappa shape index (κ3) is 3.39. The minimum absolute atomic E-state index is 0.324. The summed E-state index contributed by atoms with van der Waals surface area (Å²) in [5.41, 5.74) is 3.44. The van der Waals surface area contributed by atoms with Crippen molar-refractivity contribution in [2.24, 2.45) is 0 Å². The first-order valence-corrected chi connectivity index (χ1v) is 9.19. The minimum atomic E-state index is -3.41. The molecule has 3 aromatic rings. The lowest BCUT2D eigenvalue weighted by molar-refractivity contribution is 0.606. The third-order valence-electron chi connectivity index (χ3n) is 3.60. The number of benzene rings is 2. The number of aryl methyl sites for hydroxylation is 1. The van der Waals surface area contributed by atoms with Crippen LogP contribution in [0.4, 0.5) is 5.82 Å². The maximum Gasteiger partial charge on any atom is 0.231 e. The van der Waals surface area contributed by atoms with Crippen LogP contribution in [0.5, 0.6) is 0 Å². The van der Waals surface area contributed by atoms with Crippen LogP contribution in [-0.4, -0.2) is 24.5 Å². The molecule has 122 valence electrons. The van der Waals surface area contributed by atoms with Gasteiger partial charge in [0.15, 0.2) is 5.82 Å². The average Bonchev–Trinajstić information content (AvgIpc) is 2.83. The zero-order valence-corrected chi connectivity index (χ0v) is 14.1. The number of nitriles is 1. The number of aromatic nitrogens is 2. The van der Waals surface area contributed by atoms with Crippen LogP contribution in [-0.2, 0) is 16.6 Å². The molecule has 0 radical (unpaired) electrons. The van der Waals surface area contributed by atoms with Gasteiger partial charge >= 0.3 is 0 Å². The van der Waals surface area contributed by atoms with Crippen molar-refractivity contribution < 1.29 is 8.42 Å². The van der Waals surface area contributed by atoms with Gasteiger partial charge in [0.2, 0.25) is 10.0 Å². The molecule has 0 saturated carbocycles. The molecule has 0 spiro atoms. The van der Waals surface area contributed by atoms with Crippen LogP contribution in [0.1, 0.15) is 16.7 Å². The molecule has 7 heteroatoms. The molecule has 0 aliphatic rings. The minimum Gasteiger partial charge on any atom is -0.266 e. The van der Waals surface area contributed by atoms with Gasteiger partial charge in [0.25, 0.3) is 0 Å². The Morgan fingerprint density at radius 2 is 1.92 bits per heavy atom. The maximum absolute atomic E-state index is 11.6. The van der Waals surface area contributed by atoms with Crippen molar-refractivity contribution in [1.82, 2.24) is 9.78 Å². The molecule has 3 rings (SSSR count). The van der Waals surface area contributed by atoms with Crippen molar-refractivity contribution in [3.05, 3.63) is 59.2 Å². The first-order valence-electron chi connectivity index (χ1n) is 7.30. The van der Waals surface area contributed by atoms with Crippen molar-refractivity contribution >= 4 is 26.7 Å². The molecule has 0 fully saturated rings. The second kappa shape index (κ2) is 5.98. The van der Waals surface area contributed by atoms with Gasteiger partial charge in [-0.15, -0.1) is 0 Å². The van der Waals surface area contributed by atoms with Gasteiger partial charge in [0.1, 0.15) is 0 Å². The lowest BCUT2D eigenvalue weighted by Gasteiger charge is -2.04. The number of hydrogen-bond donors (Lipinski definition) is 1. The molecule has 0 saturated heterocycles. The molecule has 1 aromatic heterocycles.